The Kier molecular flexibility index (Phi) is 5.64. The van der Waals surface area contributed by atoms with Crippen LogP contribution in [0.4, 0.5) is 11.4 Å². The van der Waals surface area contributed by atoms with Crippen LogP contribution in [0.1, 0.15) is 15.9 Å². The van der Waals surface area contributed by atoms with Crippen molar-refractivity contribution in [2.45, 2.75) is 0 Å². The van der Waals surface area contributed by atoms with Gasteiger partial charge in [0.1, 0.15) is 0 Å². The van der Waals surface area contributed by atoms with E-state index < -0.39 is 22.3 Å². The van der Waals surface area contributed by atoms with Crippen molar-refractivity contribution in [2.75, 3.05) is 14.2 Å². The number of phenols is 1. The minimum atomic E-state index is -0.696. The molecule has 1 aliphatic heterocycles. The molecule has 1 N–H and O–H groups in total. The molecule has 0 saturated carbocycles. The number of carbonyl (C=O) groups excluding carboxylic acids is 2. The molecular formula is C19H15N3O6S. The largest absolute Gasteiger partial charge is 0.502 e. The van der Waals surface area contributed by atoms with E-state index in [2.05, 4.69) is 9.73 Å². The molecule has 0 radical (unpaired) electrons. The lowest BCUT2D eigenvalue weighted by Gasteiger charge is -2.07. The minimum Gasteiger partial charge on any atom is -0.502 e. The minimum absolute atomic E-state index is 0.310. The molecule has 0 aliphatic carbocycles. The maximum absolute atomic E-state index is 12.5. The average molecular weight is 413 g/mol. The highest BCUT2D eigenvalue weighted by Crippen LogP contribution is 2.34. The number of aliphatic imine (C=N–C) groups is 1. The highest BCUT2D eigenvalue weighted by molar-refractivity contribution is 8.18. The van der Waals surface area contributed by atoms with Crippen LogP contribution in [0.25, 0.3) is 6.08 Å². The Balaban J connectivity index is 1.87. The van der Waals surface area contributed by atoms with E-state index in [1.165, 1.54) is 36.3 Å². The van der Waals surface area contributed by atoms with Gasteiger partial charge in [0.2, 0.25) is 0 Å². The summed E-state index contributed by atoms with van der Waals surface area (Å²) in [7, 11) is 2.86. The number of benzene rings is 2. The van der Waals surface area contributed by atoms with E-state index in [9.17, 15) is 24.8 Å². The fraction of sp³-hybridized carbons (Fsp3) is 0.105. The summed E-state index contributed by atoms with van der Waals surface area (Å²) in [5, 5.41) is 20.9. The Morgan fingerprint density at radius 1 is 1.28 bits per heavy atom. The molecule has 1 saturated heterocycles. The number of aromatic hydroxyl groups is 1. The third-order valence-corrected chi connectivity index (χ3v) is 5.07. The van der Waals surface area contributed by atoms with Crippen LogP contribution in [0.5, 0.6) is 5.75 Å². The molecule has 1 amide bonds. The lowest BCUT2D eigenvalue weighted by molar-refractivity contribution is -0.385. The second-order valence-electron chi connectivity index (χ2n) is 5.91. The summed E-state index contributed by atoms with van der Waals surface area (Å²) >= 11 is 1.11. The summed E-state index contributed by atoms with van der Waals surface area (Å²) in [6, 6.07) is 10.3. The maximum atomic E-state index is 12.5. The van der Waals surface area contributed by atoms with Crippen molar-refractivity contribution in [3.8, 4) is 5.75 Å². The van der Waals surface area contributed by atoms with E-state index in [0.717, 1.165) is 11.8 Å². The van der Waals surface area contributed by atoms with Crippen molar-refractivity contribution >= 4 is 46.3 Å². The first-order valence-electron chi connectivity index (χ1n) is 8.22. The van der Waals surface area contributed by atoms with Gasteiger partial charge in [-0.15, -0.1) is 0 Å². The number of likely N-dealkylation sites (N-methyl/N-ethyl adjacent to an activating group) is 1. The van der Waals surface area contributed by atoms with Crippen molar-refractivity contribution in [3.05, 3.63) is 68.6 Å². The molecule has 9 nitrogen and oxygen atoms in total. The molecule has 148 valence electrons. The molecule has 2 aromatic rings. The standard InChI is InChI=1S/C19H15N3O6S/c1-21-17(24)16(10-11-3-8-15(23)14(9-11)22(26)27)29-19(21)20-13-6-4-12(5-7-13)18(25)28-2/h3-10,23H,1-2H3. The number of carbonyl (C=O) groups is 2. The molecule has 0 spiro atoms. The number of nitro benzene ring substituents is 1. The molecule has 2 aromatic carbocycles. The molecule has 10 heteroatoms. The molecule has 1 aliphatic rings. The molecular weight excluding hydrogens is 398 g/mol. The molecule has 0 bridgehead atoms. The van der Waals surface area contributed by atoms with Crippen molar-refractivity contribution in [2.24, 2.45) is 4.99 Å². The number of ether oxygens (including phenoxy) is 1. The van der Waals surface area contributed by atoms with Gasteiger partial charge < -0.3 is 9.84 Å². The number of esters is 1. The van der Waals surface area contributed by atoms with Crippen LogP contribution in [0, 0.1) is 10.1 Å². The van der Waals surface area contributed by atoms with Crippen LogP contribution in [-0.4, -0.2) is 46.1 Å². The van der Waals surface area contributed by atoms with E-state index in [1.54, 1.807) is 31.3 Å². The van der Waals surface area contributed by atoms with Gasteiger partial charge in [-0.2, -0.15) is 0 Å². The summed E-state index contributed by atoms with van der Waals surface area (Å²) in [5.41, 5.74) is 0.890. The second kappa shape index (κ2) is 8.15. The third kappa shape index (κ3) is 4.27. The van der Waals surface area contributed by atoms with Crippen LogP contribution in [0.3, 0.4) is 0 Å². The Labute approximate surface area is 169 Å². The van der Waals surface area contributed by atoms with Gasteiger partial charge >= 0.3 is 11.7 Å². The first kappa shape index (κ1) is 20.1. The van der Waals surface area contributed by atoms with E-state index in [-0.39, 0.29) is 5.91 Å². The number of hydrogen-bond acceptors (Lipinski definition) is 8. The number of hydrogen-bond donors (Lipinski definition) is 1. The molecule has 0 atom stereocenters. The quantitative estimate of drug-likeness (QED) is 0.353. The van der Waals surface area contributed by atoms with Gasteiger partial charge in [0.05, 0.1) is 28.2 Å². The Bertz CT molecular complexity index is 1060. The van der Waals surface area contributed by atoms with E-state index in [0.29, 0.717) is 26.9 Å². The number of amides is 1. The molecule has 1 heterocycles. The predicted molar refractivity (Wildman–Crippen MR) is 108 cm³/mol. The smallest absolute Gasteiger partial charge is 0.337 e. The zero-order valence-electron chi connectivity index (χ0n) is 15.4. The number of rotatable bonds is 4. The van der Waals surface area contributed by atoms with Gasteiger partial charge in [-0.1, -0.05) is 6.07 Å². The van der Waals surface area contributed by atoms with Gasteiger partial charge in [-0.05, 0) is 53.7 Å². The number of amidine groups is 1. The molecule has 1 fully saturated rings. The van der Waals surface area contributed by atoms with Crippen LogP contribution < -0.4 is 0 Å². The Morgan fingerprint density at radius 2 is 1.97 bits per heavy atom. The normalized spacial score (nSPS) is 16.5. The zero-order valence-corrected chi connectivity index (χ0v) is 16.2. The number of methoxy groups -OCH3 is 1. The fourth-order valence-electron chi connectivity index (χ4n) is 2.48. The summed E-state index contributed by atoms with van der Waals surface area (Å²) in [5.74, 6) is -1.21. The van der Waals surface area contributed by atoms with Crippen molar-refractivity contribution in [3.63, 3.8) is 0 Å². The van der Waals surface area contributed by atoms with Crippen LogP contribution in [0.2, 0.25) is 0 Å². The van der Waals surface area contributed by atoms with E-state index in [1.807, 2.05) is 0 Å². The average Bonchev–Trinajstić information content (AvgIpc) is 2.97. The number of phenolic OH excluding ortho intramolecular Hbond substituents is 1. The molecule has 0 unspecified atom stereocenters. The second-order valence-corrected chi connectivity index (χ2v) is 6.92. The Hall–Kier alpha value is -3.66. The number of nitrogens with zero attached hydrogens (tertiary/aromatic N) is 3. The fourth-order valence-corrected chi connectivity index (χ4v) is 3.47. The SMILES string of the molecule is COC(=O)c1ccc(N=C2SC(=Cc3ccc(O)c([N+](=O)[O-])c3)C(=O)N2C)cc1. The van der Waals surface area contributed by atoms with Gasteiger partial charge in [0.15, 0.2) is 10.9 Å². The van der Waals surface area contributed by atoms with Crippen molar-refractivity contribution in [1.29, 1.82) is 0 Å². The highest BCUT2D eigenvalue weighted by atomic mass is 32.2. The summed E-state index contributed by atoms with van der Waals surface area (Å²) in [4.78, 5) is 40.3. The molecule has 0 aromatic heterocycles. The first-order chi connectivity index (χ1) is 13.8. The van der Waals surface area contributed by atoms with Gasteiger partial charge in [0.25, 0.3) is 5.91 Å². The van der Waals surface area contributed by atoms with E-state index >= 15 is 0 Å². The predicted octanol–water partition coefficient (Wildman–Crippen LogP) is 3.32. The van der Waals surface area contributed by atoms with Gasteiger partial charge in [0, 0.05) is 13.1 Å². The lowest BCUT2D eigenvalue weighted by atomic mass is 10.1. The zero-order chi connectivity index (χ0) is 21.1. The lowest BCUT2D eigenvalue weighted by Crippen LogP contribution is -2.23. The first-order valence-corrected chi connectivity index (χ1v) is 9.04. The maximum Gasteiger partial charge on any atom is 0.337 e. The Morgan fingerprint density at radius 3 is 2.59 bits per heavy atom. The van der Waals surface area contributed by atoms with Crippen molar-refractivity contribution in [1.82, 2.24) is 4.90 Å². The van der Waals surface area contributed by atoms with Crippen LogP contribution in [-0.2, 0) is 9.53 Å². The van der Waals surface area contributed by atoms with Gasteiger partial charge in [-0.3, -0.25) is 19.8 Å². The van der Waals surface area contributed by atoms with Crippen molar-refractivity contribution < 1.29 is 24.4 Å². The van der Waals surface area contributed by atoms with Crippen LogP contribution >= 0.6 is 11.8 Å². The van der Waals surface area contributed by atoms with Gasteiger partial charge in [-0.25, -0.2) is 9.79 Å². The summed E-state index contributed by atoms with van der Waals surface area (Å²) < 4.78 is 4.64. The highest BCUT2D eigenvalue weighted by Gasteiger charge is 2.30. The van der Waals surface area contributed by atoms with Crippen LogP contribution in [0.15, 0.2) is 52.4 Å². The third-order valence-electron chi connectivity index (χ3n) is 4.01. The van der Waals surface area contributed by atoms with E-state index in [4.69, 9.17) is 0 Å². The summed E-state index contributed by atoms with van der Waals surface area (Å²) in [6.07, 6.45) is 1.50. The topological polar surface area (TPSA) is 122 Å². The number of thioether (sulfide) groups is 1. The molecule has 3 rings (SSSR count). The molecule has 29 heavy (non-hydrogen) atoms. The summed E-state index contributed by atoms with van der Waals surface area (Å²) in [6.45, 7) is 0. The number of nitro groups is 1. The monoisotopic (exact) mass is 413 g/mol.